The third-order valence-electron chi connectivity index (χ3n) is 4.73. The lowest BCUT2D eigenvalue weighted by atomic mass is 10.1. The largest absolute Gasteiger partial charge is 0.350 e. The number of carbonyl (C=O) groups is 1. The summed E-state index contributed by atoms with van der Waals surface area (Å²) < 4.78 is 2.18. The van der Waals surface area contributed by atoms with Gasteiger partial charge in [0.1, 0.15) is 5.82 Å². The number of aryl methyl sites for hydroxylation is 2. The van der Waals surface area contributed by atoms with Gasteiger partial charge in [-0.2, -0.15) is 0 Å². The summed E-state index contributed by atoms with van der Waals surface area (Å²) in [5, 5.41) is 5.36. The van der Waals surface area contributed by atoms with Crippen molar-refractivity contribution >= 4 is 17.2 Å². The van der Waals surface area contributed by atoms with E-state index in [1.165, 1.54) is 10.4 Å². The van der Waals surface area contributed by atoms with Gasteiger partial charge in [-0.25, -0.2) is 4.98 Å². The molecule has 6 heteroatoms. The molecule has 0 saturated carbocycles. The molecule has 0 radical (unpaired) electrons. The van der Waals surface area contributed by atoms with Crippen LogP contribution in [0.25, 0.3) is 0 Å². The van der Waals surface area contributed by atoms with Crippen molar-refractivity contribution in [1.82, 2.24) is 19.8 Å². The van der Waals surface area contributed by atoms with Crippen molar-refractivity contribution in [2.75, 3.05) is 13.1 Å². The number of aromatic nitrogens is 2. The molecule has 0 saturated heterocycles. The Balaban J connectivity index is 1.31. The molecular weight excluding hydrogens is 308 g/mol. The molecule has 122 valence electrons. The molecule has 1 atom stereocenters. The van der Waals surface area contributed by atoms with Crippen LogP contribution in [0.15, 0.2) is 17.6 Å². The number of amides is 1. The molecule has 2 aliphatic heterocycles. The molecule has 0 bridgehead atoms. The van der Waals surface area contributed by atoms with Crippen molar-refractivity contribution < 1.29 is 4.79 Å². The fraction of sp³-hybridized carbons (Fsp3) is 0.529. The minimum absolute atomic E-state index is 0.147. The number of carbonyl (C=O) groups excluding carboxylic acids is 1. The van der Waals surface area contributed by atoms with E-state index in [2.05, 4.69) is 37.4 Å². The van der Waals surface area contributed by atoms with Crippen molar-refractivity contribution in [3.63, 3.8) is 0 Å². The molecule has 0 aromatic carbocycles. The van der Waals surface area contributed by atoms with Crippen LogP contribution in [0, 0.1) is 6.92 Å². The van der Waals surface area contributed by atoms with E-state index in [1.807, 2.05) is 18.3 Å². The maximum Gasteiger partial charge on any atom is 0.234 e. The van der Waals surface area contributed by atoms with Gasteiger partial charge >= 0.3 is 0 Å². The molecule has 2 aromatic rings. The lowest BCUT2D eigenvalue weighted by molar-refractivity contribution is -0.123. The lowest BCUT2D eigenvalue weighted by Crippen LogP contribution is -2.46. The van der Waals surface area contributed by atoms with E-state index >= 15 is 0 Å². The third kappa shape index (κ3) is 3.19. The zero-order valence-corrected chi connectivity index (χ0v) is 14.2. The zero-order chi connectivity index (χ0) is 15.8. The van der Waals surface area contributed by atoms with E-state index in [-0.39, 0.29) is 11.9 Å². The van der Waals surface area contributed by atoms with E-state index in [0.717, 1.165) is 50.4 Å². The van der Waals surface area contributed by atoms with Crippen LogP contribution < -0.4 is 5.32 Å². The van der Waals surface area contributed by atoms with Crippen LogP contribution in [-0.4, -0.2) is 39.5 Å². The Bertz CT molecular complexity index is 720. The first-order valence-corrected chi connectivity index (χ1v) is 9.15. The first-order valence-electron chi connectivity index (χ1n) is 8.27. The lowest BCUT2D eigenvalue weighted by Gasteiger charge is -2.28. The summed E-state index contributed by atoms with van der Waals surface area (Å²) in [7, 11) is 0. The molecule has 4 rings (SSSR count). The summed E-state index contributed by atoms with van der Waals surface area (Å²) in [6.45, 7) is 5.25. The second kappa shape index (κ2) is 6.09. The van der Waals surface area contributed by atoms with Gasteiger partial charge in [0.2, 0.25) is 5.91 Å². The summed E-state index contributed by atoms with van der Waals surface area (Å²) in [6.07, 6.45) is 5.08. The van der Waals surface area contributed by atoms with Gasteiger partial charge in [-0.3, -0.25) is 9.69 Å². The van der Waals surface area contributed by atoms with Crippen molar-refractivity contribution in [3.05, 3.63) is 39.6 Å². The summed E-state index contributed by atoms with van der Waals surface area (Å²) in [5.74, 6) is 1.29. The van der Waals surface area contributed by atoms with Crippen LogP contribution in [0.4, 0.5) is 0 Å². The Morgan fingerprint density at radius 1 is 1.48 bits per heavy atom. The van der Waals surface area contributed by atoms with Gasteiger partial charge in [0.25, 0.3) is 0 Å². The normalized spacial score (nSPS) is 20.8. The molecule has 2 aliphatic rings. The van der Waals surface area contributed by atoms with Gasteiger partial charge in [0.05, 0.1) is 12.2 Å². The van der Waals surface area contributed by atoms with E-state index in [4.69, 9.17) is 0 Å². The minimum Gasteiger partial charge on any atom is -0.350 e. The maximum absolute atomic E-state index is 12.4. The number of imidazole rings is 1. The Morgan fingerprint density at radius 2 is 2.39 bits per heavy atom. The highest BCUT2D eigenvalue weighted by Gasteiger charge is 2.23. The molecule has 0 aliphatic carbocycles. The van der Waals surface area contributed by atoms with Crippen LogP contribution in [0.2, 0.25) is 0 Å². The average Bonchev–Trinajstić information content (AvgIpc) is 3.11. The summed E-state index contributed by atoms with van der Waals surface area (Å²) in [5.41, 5.74) is 2.46. The molecule has 4 heterocycles. The van der Waals surface area contributed by atoms with E-state index < -0.39 is 0 Å². The number of hydrogen-bond donors (Lipinski definition) is 1. The van der Waals surface area contributed by atoms with Crippen LogP contribution in [0.3, 0.4) is 0 Å². The summed E-state index contributed by atoms with van der Waals surface area (Å²) in [6, 6.07) is 2.42. The molecule has 0 spiro atoms. The molecule has 23 heavy (non-hydrogen) atoms. The van der Waals surface area contributed by atoms with Crippen LogP contribution in [-0.2, 0) is 30.7 Å². The number of thiophene rings is 1. The molecule has 0 fully saturated rings. The van der Waals surface area contributed by atoms with Gasteiger partial charge in [0, 0.05) is 43.2 Å². The monoisotopic (exact) mass is 330 g/mol. The molecule has 2 aromatic heterocycles. The van der Waals surface area contributed by atoms with Crippen molar-refractivity contribution in [2.45, 2.75) is 45.3 Å². The van der Waals surface area contributed by atoms with Crippen molar-refractivity contribution in [2.24, 2.45) is 0 Å². The van der Waals surface area contributed by atoms with E-state index in [9.17, 15) is 4.79 Å². The van der Waals surface area contributed by atoms with Crippen LogP contribution in [0.5, 0.6) is 0 Å². The number of fused-ring (bicyclic) bond motifs is 2. The van der Waals surface area contributed by atoms with E-state index in [1.54, 1.807) is 0 Å². The summed E-state index contributed by atoms with van der Waals surface area (Å²) >= 11 is 1.83. The van der Waals surface area contributed by atoms with Gasteiger partial charge in [0.15, 0.2) is 0 Å². The topological polar surface area (TPSA) is 50.2 Å². The van der Waals surface area contributed by atoms with Gasteiger partial charge in [-0.1, -0.05) is 0 Å². The number of rotatable bonds is 3. The average molecular weight is 330 g/mol. The fourth-order valence-electron chi connectivity index (χ4n) is 3.62. The molecular formula is C17H22N4OS. The Hall–Kier alpha value is -1.66. The van der Waals surface area contributed by atoms with Gasteiger partial charge < -0.3 is 9.88 Å². The number of nitrogens with one attached hydrogen (secondary N) is 1. The predicted molar refractivity (Wildman–Crippen MR) is 90.5 cm³/mol. The fourth-order valence-corrected chi connectivity index (χ4v) is 4.51. The Kier molecular flexibility index (Phi) is 3.95. The smallest absolute Gasteiger partial charge is 0.234 e. The Morgan fingerprint density at radius 3 is 3.30 bits per heavy atom. The van der Waals surface area contributed by atoms with Crippen molar-refractivity contribution in [1.29, 1.82) is 0 Å². The van der Waals surface area contributed by atoms with Gasteiger partial charge in [-0.15, -0.1) is 11.3 Å². The van der Waals surface area contributed by atoms with E-state index in [0.29, 0.717) is 6.54 Å². The molecule has 1 N–H and O–H groups in total. The number of nitrogens with zero attached hydrogens (tertiary/aromatic N) is 3. The standard InChI is InChI=1S/C17H22N4OS/c1-12-8-21-10-14(2-3-16(21)18-12)19-17(22)11-20-6-4-15-13(9-20)5-7-23-15/h5,7-8,14H,2-4,6,9-11H2,1H3,(H,19,22). The van der Waals surface area contributed by atoms with Crippen LogP contribution in [0.1, 0.15) is 28.4 Å². The summed E-state index contributed by atoms with van der Waals surface area (Å²) in [4.78, 5) is 20.6. The van der Waals surface area contributed by atoms with Gasteiger partial charge in [-0.05, 0) is 36.8 Å². The van der Waals surface area contributed by atoms with Crippen molar-refractivity contribution in [3.8, 4) is 0 Å². The maximum atomic E-state index is 12.4. The highest BCUT2D eigenvalue weighted by molar-refractivity contribution is 7.10. The SMILES string of the molecule is Cc1cn2c(n1)CCC(NC(=O)CN1CCc3sccc3C1)C2. The Labute approximate surface area is 140 Å². The number of hydrogen-bond acceptors (Lipinski definition) is 4. The highest BCUT2D eigenvalue weighted by atomic mass is 32.1. The predicted octanol–water partition coefficient (Wildman–Crippen LogP) is 1.74. The quantitative estimate of drug-likeness (QED) is 0.933. The molecule has 5 nitrogen and oxygen atoms in total. The third-order valence-corrected chi connectivity index (χ3v) is 5.76. The molecule has 1 unspecified atom stereocenters. The zero-order valence-electron chi connectivity index (χ0n) is 13.4. The first kappa shape index (κ1) is 14.9. The highest BCUT2D eigenvalue weighted by Crippen LogP contribution is 2.23. The second-order valence-electron chi connectivity index (χ2n) is 6.58. The first-order chi connectivity index (χ1) is 11.2. The second-order valence-corrected chi connectivity index (χ2v) is 7.58. The van der Waals surface area contributed by atoms with Crippen LogP contribution >= 0.6 is 11.3 Å². The minimum atomic E-state index is 0.147. The molecule has 1 amide bonds.